The van der Waals surface area contributed by atoms with Crippen LogP contribution in [-0.4, -0.2) is 35.6 Å². The van der Waals surface area contributed by atoms with Crippen LogP contribution in [0, 0.1) is 0 Å². The average molecular weight is 767 g/mol. The van der Waals surface area contributed by atoms with Gasteiger partial charge in [0.1, 0.15) is 11.3 Å². The Morgan fingerprint density at radius 1 is 0.552 bits per heavy atom. The lowest BCUT2D eigenvalue weighted by Crippen LogP contribution is -2.44. The maximum Gasteiger partial charge on any atom is 0.146 e. The third-order valence-electron chi connectivity index (χ3n) is 15.5. The molecule has 2 bridgehead atoms. The van der Waals surface area contributed by atoms with Crippen LogP contribution in [0.3, 0.4) is 0 Å². The molecule has 1 saturated heterocycles. The van der Waals surface area contributed by atoms with Crippen molar-refractivity contribution in [1.82, 2.24) is 28.6 Å². The minimum Gasteiger partial charge on any atom is -0.296 e. The summed E-state index contributed by atoms with van der Waals surface area (Å²) in [5.74, 6) is 0. The zero-order valence-corrected chi connectivity index (χ0v) is 36.8. The second-order valence-electron chi connectivity index (χ2n) is 21.7. The minimum atomic E-state index is -0.215. The molecule has 4 aromatic carbocycles. The van der Waals surface area contributed by atoms with Gasteiger partial charge in [-0.25, -0.2) is 9.97 Å². The molecule has 0 radical (unpaired) electrons. The van der Waals surface area contributed by atoms with Crippen molar-refractivity contribution < 1.29 is 0 Å². The largest absolute Gasteiger partial charge is 0.296 e. The van der Waals surface area contributed by atoms with Gasteiger partial charge in [0, 0.05) is 61.7 Å². The molecule has 11 rings (SSSR count). The van der Waals surface area contributed by atoms with Gasteiger partial charge < -0.3 is 0 Å². The fourth-order valence-corrected chi connectivity index (χ4v) is 12.0. The summed E-state index contributed by atoms with van der Waals surface area (Å²) in [6.45, 7) is 29.3. The van der Waals surface area contributed by atoms with Gasteiger partial charge in [-0.2, -0.15) is 0 Å². The van der Waals surface area contributed by atoms with E-state index in [9.17, 15) is 0 Å². The lowest BCUT2D eigenvalue weighted by atomic mass is 9.78. The average Bonchev–Trinajstić information content (AvgIpc) is 3.87. The Labute approximate surface area is 342 Å². The smallest absolute Gasteiger partial charge is 0.146 e. The van der Waals surface area contributed by atoms with Crippen LogP contribution in [0.5, 0.6) is 0 Å². The molecule has 3 aliphatic rings. The highest BCUT2D eigenvalue weighted by atomic mass is 15.3. The number of aromatic nitrogens is 4. The first-order chi connectivity index (χ1) is 27.1. The minimum absolute atomic E-state index is 0.0548. The number of imidazole rings is 2. The van der Waals surface area contributed by atoms with E-state index >= 15 is 0 Å². The molecule has 1 fully saturated rings. The van der Waals surface area contributed by atoms with Crippen molar-refractivity contribution >= 4 is 54.9 Å². The summed E-state index contributed by atoms with van der Waals surface area (Å²) in [6.07, 6.45) is 2.39. The van der Waals surface area contributed by atoms with Crippen LogP contribution in [0.25, 0.3) is 54.9 Å². The van der Waals surface area contributed by atoms with Crippen LogP contribution in [0.15, 0.2) is 78.9 Å². The van der Waals surface area contributed by atoms with Crippen LogP contribution in [0.1, 0.15) is 135 Å². The summed E-state index contributed by atoms with van der Waals surface area (Å²) in [4.78, 5) is 16.2. The van der Waals surface area contributed by atoms with Gasteiger partial charge in [0.15, 0.2) is 0 Å². The van der Waals surface area contributed by atoms with Crippen molar-refractivity contribution in [2.45, 2.75) is 135 Å². The van der Waals surface area contributed by atoms with Crippen molar-refractivity contribution in [2.75, 3.05) is 7.05 Å². The number of rotatable bonds is 2. The van der Waals surface area contributed by atoms with Gasteiger partial charge >= 0.3 is 0 Å². The molecule has 58 heavy (non-hydrogen) atoms. The van der Waals surface area contributed by atoms with E-state index in [1.807, 2.05) is 0 Å². The molecule has 2 atom stereocenters. The van der Waals surface area contributed by atoms with E-state index in [0.717, 1.165) is 28.9 Å². The quantitative estimate of drug-likeness (QED) is 0.176. The molecule has 0 aliphatic carbocycles. The summed E-state index contributed by atoms with van der Waals surface area (Å²) in [5, 5.41) is 4.92. The Bertz CT molecular complexity index is 3120. The van der Waals surface area contributed by atoms with Crippen molar-refractivity contribution in [2.24, 2.45) is 0 Å². The number of fused-ring (bicyclic) bond motifs is 16. The normalized spacial score (nSPS) is 23.1. The zero-order chi connectivity index (χ0) is 40.9. The van der Waals surface area contributed by atoms with E-state index in [1.54, 1.807) is 0 Å². The molecule has 6 nitrogen and oxygen atoms in total. The molecule has 3 aliphatic heterocycles. The fraction of sp³-hybridized carbons (Fsp3) is 0.423. The van der Waals surface area contributed by atoms with Gasteiger partial charge in [-0.1, -0.05) is 77.9 Å². The van der Waals surface area contributed by atoms with E-state index in [0.29, 0.717) is 0 Å². The maximum absolute atomic E-state index is 5.47. The first-order valence-electron chi connectivity index (χ1n) is 21.5. The monoisotopic (exact) mass is 766 g/mol. The summed E-state index contributed by atoms with van der Waals surface area (Å²) in [5.41, 5.74) is 15.9. The van der Waals surface area contributed by atoms with E-state index in [2.05, 4.69) is 188 Å². The van der Waals surface area contributed by atoms with E-state index < -0.39 is 0 Å². The molecule has 7 heterocycles. The molecule has 0 amide bonds. The number of nitrogens with zero attached hydrogens (tertiary/aromatic N) is 6. The SMILES string of the molecule is CN1C2(C)CCC1(C)c1cc3c(cc12)nc1c2ccc(CN4C(C)(C)c5cc6nc7c8ccccc8cc(C(C)(C)C)n7c6cc5C4(C)C)cc2cc(C(C)(C)C)n31. The third-order valence-corrected chi connectivity index (χ3v) is 15.5. The number of hydrogen-bond acceptors (Lipinski definition) is 4. The molecular formula is C52H58N6. The van der Waals surface area contributed by atoms with E-state index in [-0.39, 0.29) is 33.0 Å². The van der Waals surface area contributed by atoms with Gasteiger partial charge in [-0.3, -0.25) is 18.6 Å². The van der Waals surface area contributed by atoms with Crippen LogP contribution in [-0.2, 0) is 39.5 Å². The van der Waals surface area contributed by atoms with Gasteiger partial charge in [-0.05, 0) is 142 Å². The number of benzene rings is 4. The van der Waals surface area contributed by atoms with Gasteiger partial charge in [0.05, 0.1) is 22.1 Å². The van der Waals surface area contributed by atoms with Crippen molar-refractivity contribution in [3.63, 3.8) is 0 Å². The highest BCUT2D eigenvalue weighted by Crippen LogP contribution is 2.60. The van der Waals surface area contributed by atoms with E-state index in [4.69, 9.17) is 9.97 Å². The standard InChI is InChI=1S/C52H58N6/c1-47(2,3)43-23-31-16-14-15-17-33(31)45-53-39-25-35-36(27-41(39)57(43)45)50(9,10)56(49(35,7)8)29-30-18-19-34-32(22-30)24-44(48(4,5)6)58-42-28-38-37(26-40(42)54-46(34)58)51(11)20-21-52(38,12)55(51)13/h14-19,22-28H,20-21,29H2,1-13H3. The van der Waals surface area contributed by atoms with Crippen molar-refractivity contribution in [3.8, 4) is 0 Å². The molecule has 0 N–H and O–H groups in total. The van der Waals surface area contributed by atoms with Gasteiger partial charge in [-0.15, -0.1) is 0 Å². The Kier molecular flexibility index (Phi) is 6.81. The topological polar surface area (TPSA) is 41.1 Å². The highest BCUT2D eigenvalue weighted by molar-refractivity contribution is 6.01. The Morgan fingerprint density at radius 2 is 1.03 bits per heavy atom. The lowest BCUT2D eigenvalue weighted by Gasteiger charge is -2.41. The maximum atomic E-state index is 5.47. The predicted octanol–water partition coefficient (Wildman–Crippen LogP) is 12.3. The predicted molar refractivity (Wildman–Crippen MR) is 241 cm³/mol. The summed E-state index contributed by atoms with van der Waals surface area (Å²) < 4.78 is 4.92. The number of pyridine rings is 2. The molecule has 2 unspecified atom stereocenters. The van der Waals surface area contributed by atoms with Crippen LogP contribution < -0.4 is 0 Å². The van der Waals surface area contributed by atoms with Crippen LogP contribution >= 0.6 is 0 Å². The van der Waals surface area contributed by atoms with Crippen LogP contribution in [0.4, 0.5) is 0 Å². The Hall–Kier alpha value is -4.78. The second kappa shape index (κ2) is 10.9. The second-order valence-corrected chi connectivity index (χ2v) is 21.7. The van der Waals surface area contributed by atoms with Gasteiger partial charge in [0.25, 0.3) is 0 Å². The van der Waals surface area contributed by atoms with E-state index in [1.165, 1.54) is 84.6 Å². The summed E-state index contributed by atoms with van der Waals surface area (Å²) in [6, 6.07) is 30.4. The molecule has 296 valence electrons. The molecule has 4 aromatic heterocycles. The summed E-state index contributed by atoms with van der Waals surface area (Å²) in [7, 11) is 2.31. The highest BCUT2D eigenvalue weighted by Gasteiger charge is 2.57. The summed E-state index contributed by atoms with van der Waals surface area (Å²) >= 11 is 0. The van der Waals surface area contributed by atoms with Crippen molar-refractivity contribution in [1.29, 1.82) is 0 Å². The Balaban J connectivity index is 1.04. The molecular weight excluding hydrogens is 709 g/mol. The number of hydrogen-bond donors (Lipinski definition) is 0. The van der Waals surface area contributed by atoms with Crippen molar-refractivity contribution in [3.05, 3.63) is 118 Å². The first kappa shape index (κ1) is 36.3. The molecule has 0 spiro atoms. The molecule has 6 heteroatoms. The Morgan fingerprint density at radius 3 is 1.62 bits per heavy atom. The molecule has 8 aromatic rings. The van der Waals surface area contributed by atoms with Gasteiger partial charge in [0.2, 0.25) is 0 Å². The van der Waals surface area contributed by atoms with Crippen LogP contribution in [0.2, 0.25) is 0 Å². The fourth-order valence-electron chi connectivity index (χ4n) is 12.0. The first-order valence-corrected chi connectivity index (χ1v) is 21.5. The molecule has 0 saturated carbocycles. The lowest BCUT2D eigenvalue weighted by molar-refractivity contribution is 0.0312. The third kappa shape index (κ3) is 4.46. The zero-order valence-electron chi connectivity index (χ0n) is 36.8.